The normalized spacial score (nSPS) is 27.5. The van der Waals surface area contributed by atoms with E-state index in [1.165, 1.54) is 6.42 Å². The van der Waals surface area contributed by atoms with Crippen LogP contribution < -0.4 is 5.32 Å². The van der Waals surface area contributed by atoms with Crippen LogP contribution >= 0.6 is 0 Å². The number of rotatable bonds is 2. The van der Waals surface area contributed by atoms with E-state index in [9.17, 15) is 4.79 Å². The van der Waals surface area contributed by atoms with E-state index in [1.807, 2.05) is 4.90 Å². The Morgan fingerprint density at radius 1 is 1.36 bits per heavy atom. The van der Waals surface area contributed by atoms with Gasteiger partial charge in [-0.25, -0.2) is 4.79 Å². The van der Waals surface area contributed by atoms with E-state index in [1.54, 1.807) is 0 Å². The fraction of sp³-hybridized carbons (Fsp3) is 0.909. The van der Waals surface area contributed by atoms with E-state index >= 15 is 0 Å². The van der Waals surface area contributed by atoms with Gasteiger partial charge in [0, 0.05) is 19.6 Å². The molecule has 0 aliphatic carbocycles. The molecule has 0 aromatic rings. The molecule has 2 amide bonds. The Morgan fingerprint density at radius 2 is 1.93 bits per heavy atom. The number of carbonyl (C=O) groups excluding carboxylic acids is 1. The molecule has 1 aliphatic heterocycles. The van der Waals surface area contributed by atoms with Gasteiger partial charge in [-0.15, -0.1) is 0 Å². The summed E-state index contributed by atoms with van der Waals surface area (Å²) in [6.45, 7) is 9.13. The number of hydrogen-bond acceptors (Lipinski definition) is 1. The van der Waals surface area contributed by atoms with Crippen molar-refractivity contribution in [2.45, 2.75) is 33.6 Å². The third-order valence-electron chi connectivity index (χ3n) is 2.68. The Kier molecular flexibility index (Phi) is 4.23. The lowest BCUT2D eigenvalue weighted by atomic mass is 9.92. The zero-order chi connectivity index (χ0) is 10.6. The molecule has 14 heavy (non-hydrogen) atoms. The highest BCUT2D eigenvalue weighted by atomic mass is 16.2. The zero-order valence-corrected chi connectivity index (χ0v) is 9.55. The molecule has 0 aromatic heterocycles. The first kappa shape index (κ1) is 11.3. The first-order valence-corrected chi connectivity index (χ1v) is 5.66. The maximum atomic E-state index is 11.7. The van der Waals surface area contributed by atoms with E-state index in [2.05, 4.69) is 26.1 Å². The van der Waals surface area contributed by atoms with Gasteiger partial charge in [-0.05, 0) is 24.7 Å². The van der Waals surface area contributed by atoms with Crippen LogP contribution in [0, 0.1) is 11.8 Å². The highest BCUT2D eigenvalue weighted by molar-refractivity contribution is 5.74. The molecule has 0 spiro atoms. The largest absolute Gasteiger partial charge is 0.338 e. The molecule has 1 aliphatic rings. The van der Waals surface area contributed by atoms with Crippen molar-refractivity contribution in [1.82, 2.24) is 10.2 Å². The van der Waals surface area contributed by atoms with Crippen LogP contribution in [-0.4, -0.2) is 30.6 Å². The molecular weight excluding hydrogens is 176 g/mol. The van der Waals surface area contributed by atoms with Gasteiger partial charge in [-0.3, -0.25) is 0 Å². The van der Waals surface area contributed by atoms with Crippen LogP contribution in [0.15, 0.2) is 0 Å². The number of nitrogens with zero attached hydrogens (tertiary/aromatic N) is 1. The summed E-state index contributed by atoms with van der Waals surface area (Å²) in [5.41, 5.74) is 0. The summed E-state index contributed by atoms with van der Waals surface area (Å²) in [6.07, 6.45) is 2.25. The summed E-state index contributed by atoms with van der Waals surface area (Å²) in [4.78, 5) is 13.6. The molecule has 3 nitrogen and oxygen atoms in total. The van der Waals surface area contributed by atoms with E-state index in [0.717, 1.165) is 26.1 Å². The Bertz CT molecular complexity index is 184. The van der Waals surface area contributed by atoms with Crippen LogP contribution in [0.1, 0.15) is 33.6 Å². The lowest BCUT2D eigenvalue weighted by molar-refractivity contribution is 0.146. The molecule has 2 atom stereocenters. The zero-order valence-electron chi connectivity index (χ0n) is 9.55. The van der Waals surface area contributed by atoms with E-state index in [4.69, 9.17) is 0 Å². The summed E-state index contributed by atoms with van der Waals surface area (Å²) >= 11 is 0. The Balaban J connectivity index is 2.38. The van der Waals surface area contributed by atoms with Crippen molar-refractivity contribution in [1.29, 1.82) is 0 Å². The summed E-state index contributed by atoms with van der Waals surface area (Å²) in [6, 6.07) is 0.116. The number of likely N-dealkylation sites (tertiary alicyclic amines) is 1. The molecule has 2 unspecified atom stereocenters. The van der Waals surface area contributed by atoms with Gasteiger partial charge in [0.25, 0.3) is 0 Å². The lowest BCUT2D eigenvalue weighted by Gasteiger charge is -2.34. The Morgan fingerprint density at radius 3 is 2.43 bits per heavy atom. The van der Waals surface area contributed by atoms with Crippen LogP contribution in [0.5, 0.6) is 0 Å². The molecule has 82 valence electrons. The van der Waals surface area contributed by atoms with Crippen LogP contribution in [-0.2, 0) is 0 Å². The predicted molar refractivity (Wildman–Crippen MR) is 58.2 cm³/mol. The first-order chi connectivity index (χ1) is 6.63. The number of nitrogens with one attached hydrogen (secondary N) is 1. The molecule has 1 N–H and O–H groups in total. The van der Waals surface area contributed by atoms with Gasteiger partial charge >= 0.3 is 6.03 Å². The second-order valence-corrected chi connectivity index (χ2v) is 4.58. The average Bonchev–Trinajstić information content (AvgIpc) is 2.12. The van der Waals surface area contributed by atoms with E-state index in [0.29, 0.717) is 11.8 Å². The Hall–Kier alpha value is -0.730. The predicted octanol–water partition coefficient (Wildman–Crippen LogP) is 2.08. The van der Waals surface area contributed by atoms with Crippen molar-refractivity contribution in [3.63, 3.8) is 0 Å². The highest BCUT2D eigenvalue weighted by Crippen LogP contribution is 2.20. The number of urea groups is 1. The second kappa shape index (κ2) is 5.23. The van der Waals surface area contributed by atoms with Crippen molar-refractivity contribution in [2.75, 3.05) is 19.6 Å². The van der Waals surface area contributed by atoms with Crippen molar-refractivity contribution >= 4 is 6.03 Å². The minimum Gasteiger partial charge on any atom is -0.338 e. The molecule has 0 bridgehead atoms. The lowest BCUT2D eigenvalue weighted by Crippen LogP contribution is -2.47. The fourth-order valence-electron chi connectivity index (χ4n) is 2.17. The molecule has 3 heteroatoms. The summed E-state index contributed by atoms with van der Waals surface area (Å²) in [5.74, 6) is 1.29. The van der Waals surface area contributed by atoms with Crippen LogP contribution in [0.3, 0.4) is 0 Å². The van der Waals surface area contributed by atoms with Crippen molar-refractivity contribution in [3.05, 3.63) is 0 Å². The molecule has 1 fully saturated rings. The maximum Gasteiger partial charge on any atom is 0.317 e. The quantitative estimate of drug-likeness (QED) is 0.724. The Labute approximate surface area is 86.9 Å². The number of amides is 2. The van der Waals surface area contributed by atoms with Gasteiger partial charge in [-0.2, -0.15) is 0 Å². The van der Waals surface area contributed by atoms with Gasteiger partial charge < -0.3 is 10.2 Å². The number of piperidine rings is 1. The third-order valence-corrected chi connectivity index (χ3v) is 2.68. The van der Waals surface area contributed by atoms with Crippen LogP contribution in [0.4, 0.5) is 4.79 Å². The second-order valence-electron chi connectivity index (χ2n) is 4.58. The van der Waals surface area contributed by atoms with Crippen LogP contribution in [0.2, 0.25) is 0 Å². The van der Waals surface area contributed by atoms with E-state index < -0.39 is 0 Å². The van der Waals surface area contributed by atoms with E-state index in [-0.39, 0.29) is 6.03 Å². The summed E-state index contributed by atoms with van der Waals surface area (Å²) in [5, 5.41) is 2.93. The SMILES string of the molecule is CCCNC(=O)N1CC(C)CC(C)C1. The first-order valence-electron chi connectivity index (χ1n) is 5.66. The smallest absolute Gasteiger partial charge is 0.317 e. The molecular formula is C11H22N2O. The molecule has 1 saturated heterocycles. The molecule has 0 saturated carbocycles. The number of carbonyl (C=O) groups is 1. The van der Waals surface area contributed by atoms with Gasteiger partial charge in [0.1, 0.15) is 0 Å². The minimum atomic E-state index is 0.116. The number of hydrogen-bond donors (Lipinski definition) is 1. The van der Waals surface area contributed by atoms with Gasteiger partial charge in [0.15, 0.2) is 0 Å². The van der Waals surface area contributed by atoms with Gasteiger partial charge in [-0.1, -0.05) is 20.8 Å². The fourth-order valence-corrected chi connectivity index (χ4v) is 2.17. The molecule has 0 radical (unpaired) electrons. The van der Waals surface area contributed by atoms with Crippen molar-refractivity contribution in [3.8, 4) is 0 Å². The average molecular weight is 198 g/mol. The minimum absolute atomic E-state index is 0.116. The summed E-state index contributed by atoms with van der Waals surface area (Å²) < 4.78 is 0. The van der Waals surface area contributed by atoms with Gasteiger partial charge in [0.05, 0.1) is 0 Å². The molecule has 1 heterocycles. The highest BCUT2D eigenvalue weighted by Gasteiger charge is 2.24. The molecule has 0 aromatic carbocycles. The standard InChI is InChI=1S/C11H22N2O/c1-4-5-12-11(14)13-7-9(2)6-10(3)8-13/h9-10H,4-8H2,1-3H3,(H,12,14). The third kappa shape index (κ3) is 3.20. The van der Waals surface area contributed by atoms with Crippen LogP contribution in [0.25, 0.3) is 0 Å². The van der Waals surface area contributed by atoms with Crippen molar-refractivity contribution < 1.29 is 4.79 Å². The summed E-state index contributed by atoms with van der Waals surface area (Å²) in [7, 11) is 0. The topological polar surface area (TPSA) is 32.3 Å². The molecule has 1 rings (SSSR count). The van der Waals surface area contributed by atoms with Crippen molar-refractivity contribution in [2.24, 2.45) is 11.8 Å². The monoisotopic (exact) mass is 198 g/mol. The maximum absolute atomic E-state index is 11.7. The van der Waals surface area contributed by atoms with Gasteiger partial charge in [0.2, 0.25) is 0 Å².